The number of unbranched alkanes of at least 4 members (excludes halogenated alkanes) is 1. The smallest absolute Gasteiger partial charge is 0.146 e. The van der Waals surface area contributed by atoms with Gasteiger partial charge in [0.15, 0.2) is 0 Å². The summed E-state index contributed by atoms with van der Waals surface area (Å²) in [5.74, 6) is -0.216. The monoisotopic (exact) mass is 257 g/mol. The van der Waals surface area contributed by atoms with E-state index in [-0.39, 0.29) is 5.82 Å². The van der Waals surface area contributed by atoms with Crippen molar-refractivity contribution in [1.29, 1.82) is 0 Å². The number of allylic oxidation sites excluding steroid dienone is 1. The lowest BCUT2D eigenvalue weighted by Gasteiger charge is -2.06. The molecule has 0 fully saturated rings. The van der Waals surface area contributed by atoms with Crippen molar-refractivity contribution in [3.63, 3.8) is 0 Å². The van der Waals surface area contributed by atoms with Crippen molar-refractivity contribution in [2.75, 3.05) is 11.9 Å². The lowest BCUT2D eigenvalue weighted by atomic mass is 10.2. The van der Waals surface area contributed by atoms with Gasteiger partial charge < -0.3 is 5.32 Å². The zero-order valence-electron chi connectivity index (χ0n) is 7.89. The molecule has 0 spiro atoms. The molecule has 0 heterocycles. The third kappa shape index (κ3) is 3.50. The fourth-order valence-corrected chi connectivity index (χ4v) is 1.46. The van der Waals surface area contributed by atoms with Crippen molar-refractivity contribution in [1.82, 2.24) is 0 Å². The molecule has 3 heteroatoms. The molecule has 0 saturated carbocycles. The lowest BCUT2D eigenvalue weighted by Crippen LogP contribution is -2.02. The predicted octanol–water partition coefficient (Wildman–Crippen LogP) is 3.97. The molecule has 0 aliphatic heterocycles. The van der Waals surface area contributed by atoms with Crippen LogP contribution in [0.2, 0.25) is 0 Å². The van der Waals surface area contributed by atoms with Crippen LogP contribution >= 0.6 is 15.9 Å². The summed E-state index contributed by atoms with van der Waals surface area (Å²) < 4.78 is 14.1. The van der Waals surface area contributed by atoms with Crippen LogP contribution < -0.4 is 5.32 Å². The number of hydrogen-bond acceptors (Lipinski definition) is 1. The maximum absolute atomic E-state index is 13.2. The first-order valence-corrected chi connectivity index (χ1v) is 5.33. The Bertz CT molecular complexity index is 312. The van der Waals surface area contributed by atoms with E-state index >= 15 is 0 Å². The lowest BCUT2D eigenvalue weighted by molar-refractivity contribution is 0.629. The summed E-state index contributed by atoms with van der Waals surface area (Å²) in [5.41, 5.74) is 0.545. The average Bonchev–Trinajstić information content (AvgIpc) is 2.18. The average molecular weight is 258 g/mol. The van der Waals surface area contributed by atoms with Crippen LogP contribution in [-0.4, -0.2) is 6.54 Å². The molecule has 1 aromatic carbocycles. The van der Waals surface area contributed by atoms with Gasteiger partial charge in [0, 0.05) is 11.0 Å². The van der Waals surface area contributed by atoms with E-state index in [1.807, 2.05) is 6.08 Å². The van der Waals surface area contributed by atoms with Gasteiger partial charge in [-0.3, -0.25) is 0 Å². The summed E-state index contributed by atoms with van der Waals surface area (Å²) in [6.07, 6.45) is 3.77. The Labute approximate surface area is 92.1 Å². The van der Waals surface area contributed by atoms with E-state index in [0.717, 1.165) is 23.9 Å². The molecule has 1 N–H and O–H groups in total. The molecule has 14 heavy (non-hydrogen) atoms. The predicted molar refractivity (Wildman–Crippen MR) is 62.0 cm³/mol. The number of nitrogens with one attached hydrogen (secondary N) is 1. The molecule has 0 aliphatic carbocycles. The van der Waals surface area contributed by atoms with Crippen LogP contribution in [0.15, 0.2) is 35.3 Å². The first kappa shape index (κ1) is 11.2. The summed E-state index contributed by atoms with van der Waals surface area (Å²) >= 11 is 3.30. The van der Waals surface area contributed by atoms with E-state index in [1.54, 1.807) is 12.1 Å². The zero-order chi connectivity index (χ0) is 10.4. The SMILES string of the molecule is C=CCCCNc1cc(Br)ccc1F. The van der Waals surface area contributed by atoms with Crippen molar-refractivity contribution in [2.45, 2.75) is 12.8 Å². The van der Waals surface area contributed by atoms with Gasteiger partial charge in [-0.15, -0.1) is 6.58 Å². The Balaban J connectivity index is 2.49. The fraction of sp³-hybridized carbons (Fsp3) is 0.273. The van der Waals surface area contributed by atoms with E-state index in [4.69, 9.17) is 0 Å². The van der Waals surface area contributed by atoms with Crippen molar-refractivity contribution in [3.8, 4) is 0 Å². The highest BCUT2D eigenvalue weighted by Crippen LogP contribution is 2.19. The largest absolute Gasteiger partial charge is 0.383 e. The Morgan fingerprint density at radius 1 is 1.50 bits per heavy atom. The molecule has 1 nitrogen and oxygen atoms in total. The number of halogens is 2. The van der Waals surface area contributed by atoms with Gasteiger partial charge in [0.2, 0.25) is 0 Å². The van der Waals surface area contributed by atoms with Gasteiger partial charge in [-0.25, -0.2) is 4.39 Å². The van der Waals surface area contributed by atoms with Crippen LogP contribution in [0.1, 0.15) is 12.8 Å². The maximum Gasteiger partial charge on any atom is 0.146 e. The molecule has 76 valence electrons. The Hall–Kier alpha value is -0.830. The normalized spacial score (nSPS) is 9.86. The maximum atomic E-state index is 13.2. The molecular formula is C11H13BrFN. The van der Waals surface area contributed by atoms with Gasteiger partial charge in [-0.05, 0) is 31.0 Å². The Morgan fingerprint density at radius 2 is 2.29 bits per heavy atom. The third-order valence-corrected chi connectivity index (χ3v) is 2.32. The quantitative estimate of drug-likeness (QED) is 0.622. The number of benzene rings is 1. The molecule has 1 rings (SSSR count). The first-order chi connectivity index (χ1) is 6.74. The zero-order valence-corrected chi connectivity index (χ0v) is 9.48. The highest BCUT2D eigenvalue weighted by Gasteiger charge is 2.00. The highest BCUT2D eigenvalue weighted by molar-refractivity contribution is 9.10. The molecule has 0 aliphatic rings. The van der Waals surface area contributed by atoms with Crippen molar-refractivity contribution in [3.05, 3.63) is 41.1 Å². The minimum atomic E-state index is -0.216. The van der Waals surface area contributed by atoms with Crippen LogP contribution in [0.4, 0.5) is 10.1 Å². The van der Waals surface area contributed by atoms with Crippen LogP contribution in [-0.2, 0) is 0 Å². The van der Waals surface area contributed by atoms with Crippen molar-refractivity contribution in [2.24, 2.45) is 0 Å². The van der Waals surface area contributed by atoms with E-state index in [1.165, 1.54) is 6.07 Å². The third-order valence-electron chi connectivity index (χ3n) is 1.83. The summed E-state index contributed by atoms with van der Waals surface area (Å²) in [7, 11) is 0. The van der Waals surface area contributed by atoms with E-state index < -0.39 is 0 Å². The van der Waals surface area contributed by atoms with Crippen LogP contribution in [0.3, 0.4) is 0 Å². The second-order valence-electron chi connectivity index (χ2n) is 2.98. The standard InChI is InChI=1S/C11H13BrFN/c1-2-3-4-7-14-11-8-9(12)5-6-10(11)13/h2,5-6,8,14H,1,3-4,7H2. The van der Waals surface area contributed by atoms with Crippen LogP contribution in [0.25, 0.3) is 0 Å². The molecule has 0 saturated heterocycles. The van der Waals surface area contributed by atoms with Crippen molar-refractivity contribution < 1.29 is 4.39 Å². The van der Waals surface area contributed by atoms with E-state index in [9.17, 15) is 4.39 Å². The van der Waals surface area contributed by atoms with E-state index in [2.05, 4.69) is 27.8 Å². The first-order valence-electron chi connectivity index (χ1n) is 4.54. The van der Waals surface area contributed by atoms with Gasteiger partial charge >= 0.3 is 0 Å². The summed E-state index contributed by atoms with van der Waals surface area (Å²) in [5, 5.41) is 3.04. The second kappa shape index (κ2) is 5.81. The van der Waals surface area contributed by atoms with Gasteiger partial charge in [-0.2, -0.15) is 0 Å². The van der Waals surface area contributed by atoms with Gasteiger partial charge in [0.25, 0.3) is 0 Å². The Kier molecular flexibility index (Phi) is 4.66. The van der Waals surface area contributed by atoms with Gasteiger partial charge in [0.1, 0.15) is 5.82 Å². The van der Waals surface area contributed by atoms with E-state index in [0.29, 0.717) is 5.69 Å². The summed E-state index contributed by atoms with van der Waals surface area (Å²) in [6, 6.07) is 4.87. The summed E-state index contributed by atoms with van der Waals surface area (Å²) in [4.78, 5) is 0. The molecule has 1 aromatic rings. The van der Waals surface area contributed by atoms with Crippen LogP contribution in [0, 0.1) is 5.82 Å². The fourth-order valence-electron chi connectivity index (χ4n) is 1.10. The second-order valence-corrected chi connectivity index (χ2v) is 3.90. The molecule has 0 amide bonds. The number of anilines is 1. The van der Waals surface area contributed by atoms with Gasteiger partial charge in [-0.1, -0.05) is 22.0 Å². The molecule has 0 unspecified atom stereocenters. The molecule has 0 atom stereocenters. The Morgan fingerprint density at radius 3 is 3.00 bits per heavy atom. The number of rotatable bonds is 5. The highest BCUT2D eigenvalue weighted by atomic mass is 79.9. The topological polar surface area (TPSA) is 12.0 Å². The van der Waals surface area contributed by atoms with Crippen molar-refractivity contribution >= 4 is 21.6 Å². The summed E-state index contributed by atoms with van der Waals surface area (Å²) in [6.45, 7) is 4.39. The van der Waals surface area contributed by atoms with Crippen LogP contribution in [0.5, 0.6) is 0 Å². The molecular weight excluding hydrogens is 245 g/mol. The minimum absolute atomic E-state index is 0.216. The molecule has 0 bridgehead atoms. The minimum Gasteiger partial charge on any atom is -0.383 e. The molecule has 0 aromatic heterocycles. The van der Waals surface area contributed by atoms with Gasteiger partial charge in [0.05, 0.1) is 5.69 Å². The molecule has 0 radical (unpaired) electrons. The number of hydrogen-bond donors (Lipinski definition) is 1.